The molecule has 4 heteroatoms. The van der Waals surface area contributed by atoms with Gasteiger partial charge in [-0.25, -0.2) is 0 Å². The predicted molar refractivity (Wildman–Crippen MR) is 70.5 cm³/mol. The van der Waals surface area contributed by atoms with E-state index in [0.717, 1.165) is 16.5 Å². The Morgan fingerprint density at radius 3 is 2.50 bits per heavy atom. The normalized spacial score (nSPS) is 10.4. The maximum atomic E-state index is 5.72. The zero-order chi connectivity index (χ0) is 12.4. The molecule has 0 bridgehead atoms. The van der Waals surface area contributed by atoms with Gasteiger partial charge in [0.15, 0.2) is 0 Å². The highest BCUT2D eigenvalue weighted by atomic mass is 16.5. The van der Waals surface area contributed by atoms with E-state index in [4.69, 9.17) is 10.5 Å². The summed E-state index contributed by atoms with van der Waals surface area (Å²) in [6.07, 6.45) is 0. The quantitative estimate of drug-likeness (QED) is 0.744. The van der Waals surface area contributed by atoms with Crippen LogP contribution in [0.25, 0.3) is 10.8 Å². The summed E-state index contributed by atoms with van der Waals surface area (Å²) >= 11 is 0. The summed E-state index contributed by atoms with van der Waals surface area (Å²) in [5, 5.41) is 9.81. The Morgan fingerprint density at radius 2 is 1.67 bits per heavy atom. The molecular weight excluding hydrogens is 226 g/mol. The number of hydrogen-bond donors (Lipinski definition) is 1. The van der Waals surface area contributed by atoms with Crippen LogP contribution in [0.5, 0.6) is 11.6 Å². The Balaban J connectivity index is 2.02. The van der Waals surface area contributed by atoms with Crippen molar-refractivity contribution < 1.29 is 4.74 Å². The minimum Gasteiger partial charge on any atom is -0.437 e. The predicted octanol–water partition coefficient (Wildman–Crippen LogP) is 3.00. The van der Waals surface area contributed by atoms with Crippen molar-refractivity contribution in [1.82, 2.24) is 10.2 Å². The van der Waals surface area contributed by atoms with Gasteiger partial charge in [-0.3, -0.25) is 0 Å². The number of nitrogen functional groups attached to an aromatic ring is 1. The Morgan fingerprint density at radius 1 is 0.833 bits per heavy atom. The molecule has 0 fully saturated rings. The summed E-state index contributed by atoms with van der Waals surface area (Å²) in [7, 11) is 0. The maximum absolute atomic E-state index is 5.72. The van der Waals surface area contributed by atoms with Crippen LogP contribution in [0.15, 0.2) is 54.6 Å². The fraction of sp³-hybridized carbons (Fsp3) is 0. The van der Waals surface area contributed by atoms with Gasteiger partial charge in [-0.15, -0.1) is 10.2 Å². The molecule has 1 aromatic heterocycles. The Kier molecular flexibility index (Phi) is 2.53. The van der Waals surface area contributed by atoms with Crippen molar-refractivity contribution in [2.75, 3.05) is 5.73 Å². The third kappa shape index (κ3) is 1.96. The first-order valence-electron chi connectivity index (χ1n) is 5.58. The smallest absolute Gasteiger partial charge is 0.239 e. The molecule has 88 valence electrons. The second kappa shape index (κ2) is 4.33. The molecule has 0 aliphatic carbocycles. The second-order valence-corrected chi connectivity index (χ2v) is 3.88. The van der Waals surface area contributed by atoms with Crippen LogP contribution in [-0.4, -0.2) is 10.2 Å². The molecule has 0 saturated heterocycles. The van der Waals surface area contributed by atoms with Crippen molar-refractivity contribution in [3.63, 3.8) is 0 Å². The molecule has 1 heterocycles. The monoisotopic (exact) mass is 237 g/mol. The highest BCUT2D eigenvalue weighted by Crippen LogP contribution is 2.28. The first-order valence-corrected chi connectivity index (χ1v) is 5.58. The number of rotatable bonds is 2. The molecule has 0 aliphatic rings. The van der Waals surface area contributed by atoms with Crippen LogP contribution < -0.4 is 10.5 Å². The number of benzene rings is 2. The van der Waals surface area contributed by atoms with Crippen LogP contribution >= 0.6 is 0 Å². The van der Waals surface area contributed by atoms with Gasteiger partial charge >= 0.3 is 0 Å². The standard InChI is InChI=1S/C14H11N3O/c15-13-8-9-14(17-16-13)18-12-7-3-5-10-4-1-2-6-11(10)12/h1-9H,(H2,15,16). The van der Waals surface area contributed by atoms with Crippen molar-refractivity contribution in [3.05, 3.63) is 54.6 Å². The van der Waals surface area contributed by atoms with Crippen molar-refractivity contribution >= 4 is 16.6 Å². The molecule has 18 heavy (non-hydrogen) atoms. The van der Waals surface area contributed by atoms with Gasteiger partial charge in [0.25, 0.3) is 0 Å². The number of anilines is 1. The topological polar surface area (TPSA) is 61.0 Å². The first kappa shape index (κ1) is 10.5. The summed E-state index contributed by atoms with van der Waals surface area (Å²) in [6.45, 7) is 0. The summed E-state index contributed by atoms with van der Waals surface area (Å²) in [4.78, 5) is 0. The molecule has 0 amide bonds. The highest BCUT2D eigenvalue weighted by molar-refractivity contribution is 5.88. The molecule has 3 aromatic rings. The van der Waals surface area contributed by atoms with Gasteiger partial charge in [-0.05, 0) is 17.5 Å². The van der Waals surface area contributed by atoms with E-state index in [9.17, 15) is 0 Å². The lowest BCUT2D eigenvalue weighted by Gasteiger charge is -2.07. The molecule has 0 unspecified atom stereocenters. The van der Waals surface area contributed by atoms with Crippen LogP contribution in [0.2, 0.25) is 0 Å². The molecule has 0 spiro atoms. The lowest BCUT2D eigenvalue weighted by molar-refractivity contribution is 0.461. The van der Waals surface area contributed by atoms with Crippen molar-refractivity contribution in [3.8, 4) is 11.6 Å². The van der Waals surface area contributed by atoms with Gasteiger partial charge in [0.2, 0.25) is 5.88 Å². The Hall–Kier alpha value is -2.62. The average Bonchev–Trinajstić information content (AvgIpc) is 2.42. The Labute approximate surface area is 104 Å². The third-order valence-corrected chi connectivity index (χ3v) is 2.62. The van der Waals surface area contributed by atoms with E-state index in [2.05, 4.69) is 10.2 Å². The molecular formula is C14H11N3O. The molecule has 2 N–H and O–H groups in total. The van der Waals surface area contributed by atoms with Gasteiger partial charge in [0.1, 0.15) is 11.6 Å². The van der Waals surface area contributed by atoms with E-state index in [1.54, 1.807) is 12.1 Å². The fourth-order valence-electron chi connectivity index (χ4n) is 1.78. The van der Waals surface area contributed by atoms with Gasteiger partial charge < -0.3 is 10.5 Å². The van der Waals surface area contributed by atoms with Crippen molar-refractivity contribution in [2.24, 2.45) is 0 Å². The number of aromatic nitrogens is 2. The molecule has 0 radical (unpaired) electrons. The summed E-state index contributed by atoms with van der Waals surface area (Å²) in [5.74, 6) is 1.56. The molecule has 0 saturated carbocycles. The largest absolute Gasteiger partial charge is 0.437 e. The van der Waals surface area contributed by atoms with E-state index in [-0.39, 0.29) is 0 Å². The SMILES string of the molecule is Nc1ccc(Oc2cccc3ccccc23)nn1. The number of nitrogens with zero attached hydrogens (tertiary/aromatic N) is 2. The van der Waals surface area contributed by atoms with E-state index in [1.165, 1.54) is 0 Å². The lowest BCUT2D eigenvalue weighted by atomic mass is 10.1. The minimum absolute atomic E-state index is 0.375. The maximum Gasteiger partial charge on any atom is 0.239 e. The summed E-state index contributed by atoms with van der Waals surface area (Å²) in [6, 6.07) is 17.3. The molecule has 0 aliphatic heterocycles. The zero-order valence-electron chi connectivity index (χ0n) is 9.58. The van der Waals surface area contributed by atoms with Crippen LogP contribution in [0.4, 0.5) is 5.82 Å². The summed E-state index contributed by atoms with van der Waals surface area (Å²) in [5.41, 5.74) is 5.48. The fourth-order valence-corrected chi connectivity index (χ4v) is 1.78. The molecule has 0 atom stereocenters. The van der Waals surface area contributed by atoms with Crippen molar-refractivity contribution in [1.29, 1.82) is 0 Å². The molecule has 2 aromatic carbocycles. The van der Waals surface area contributed by atoms with Crippen LogP contribution in [0.1, 0.15) is 0 Å². The lowest BCUT2D eigenvalue weighted by Crippen LogP contribution is -1.95. The molecule has 3 rings (SSSR count). The van der Waals surface area contributed by atoms with Gasteiger partial charge in [-0.2, -0.15) is 0 Å². The number of nitrogens with two attached hydrogens (primary N) is 1. The molecule has 4 nitrogen and oxygen atoms in total. The van der Waals surface area contributed by atoms with Gasteiger partial charge in [0, 0.05) is 11.5 Å². The van der Waals surface area contributed by atoms with Crippen LogP contribution in [-0.2, 0) is 0 Å². The van der Waals surface area contributed by atoms with Crippen LogP contribution in [0.3, 0.4) is 0 Å². The second-order valence-electron chi connectivity index (χ2n) is 3.88. The minimum atomic E-state index is 0.375. The van der Waals surface area contributed by atoms with E-state index >= 15 is 0 Å². The summed E-state index contributed by atoms with van der Waals surface area (Å²) < 4.78 is 5.72. The van der Waals surface area contributed by atoms with E-state index in [1.807, 2.05) is 42.5 Å². The van der Waals surface area contributed by atoms with E-state index < -0.39 is 0 Å². The van der Waals surface area contributed by atoms with E-state index in [0.29, 0.717) is 11.7 Å². The first-order chi connectivity index (χ1) is 8.83. The number of hydrogen-bond acceptors (Lipinski definition) is 4. The third-order valence-electron chi connectivity index (χ3n) is 2.62. The van der Waals surface area contributed by atoms with Crippen molar-refractivity contribution in [2.45, 2.75) is 0 Å². The zero-order valence-corrected chi connectivity index (χ0v) is 9.58. The number of ether oxygens (including phenoxy) is 1. The highest BCUT2D eigenvalue weighted by Gasteiger charge is 2.03. The van der Waals surface area contributed by atoms with Crippen LogP contribution in [0, 0.1) is 0 Å². The number of fused-ring (bicyclic) bond motifs is 1. The Bertz CT molecular complexity index is 675. The van der Waals surface area contributed by atoms with Gasteiger partial charge in [-0.1, -0.05) is 36.4 Å². The van der Waals surface area contributed by atoms with Gasteiger partial charge in [0.05, 0.1) is 0 Å². The average molecular weight is 237 g/mol.